The standard InChI is InChI=1S/C17H22N4O2.CH5N/c1-3-21(4-2)12-17(22)20-16-11-15(8-9-19-16)23-14-7-5-6-13(18)10-14;1-2/h5-11H,3-4,12,18H2,1-2H3,(H,19,20,22);2H2,1H3. The Morgan fingerprint density at radius 3 is 2.48 bits per heavy atom. The fourth-order valence-corrected chi connectivity index (χ4v) is 2.09. The normalized spacial score (nSPS) is 9.96. The van der Waals surface area contributed by atoms with Crippen molar-refractivity contribution in [3.8, 4) is 11.5 Å². The van der Waals surface area contributed by atoms with Crippen LogP contribution < -0.4 is 21.5 Å². The lowest BCUT2D eigenvalue weighted by Crippen LogP contribution is -2.33. The number of hydrogen-bond acceptors (Lipinski definition) is 6. The molecule has 0 atom stereocenters. The zero-order chi connectivity index (χ0) is 18.7. The summed E-state index contributed by atoms with van der Waals surface area (Å²) < 4.78 is 5.72. The van der Waals surface area contributed by atoms with E-state index in [4.69, 9.17) is 10.5 Å². The molecule has 7 nitrogen and oxygen atoms in total. The monoisotopic (exact) mass is 345 g/mol. The molecule has 0 fully saturated rings. The van der Waals surface area contributed by atoms with Crippen LogP contribution >= 0.6 is 0 Å². The molecule has 0 radical (unpaired) electrons. The molecule has 1 amide bonds. The number of carbonyl (C=O) groups is 1. The summed E-state index contributed by atoms with van der Waals surface area (Å²) >= 11 is 0. The smallest absolute Gasteiger partial charge is 0.239 e. The predicted octanol–water partition coefficient (Wildman–Crippen LogP) is 2.31. The number of anilines is 2. The molecule has 7 heteroatoms. The first-order chi connectivity index (χ1) is 12.1. The topological polar surface area (TPSA) is 106 Å². The van der Waals surface area contributed by atoms with Crippen molar-refractivity contribution in [2.45, 2.75) is 13.8 Å². The van der Waals surface area contributed by atoms with Gasteiger partial charge in [-0.15, -0.1) is 0 Å². The van der Waals surface area contributed by atoms with Crippen LogP contribution in [0.1, 0.15) is 13.8 Å². The van der Waals surface area contributed by atoms with Gasteiger partial charge in [-0.25, -0.2) is 4.98 Å². The van der Waals surface area contributed by atoms with Gasteiger partial charge in [-0.05, 0) is 38.3 Å². The molecule has 0 bridgehead atoms. The van der Waals surface area contributed by atoms with Gasteiger partial charge < -0.3 is 21.5 Å². The van der Waals surface area contributed by atoms with E-state index in [0.29, 0.717) is 29.5 Å². The summed E-state index contributed by atoms with van der Waals surface area (Å²) in [6.45, 7) is 6.05. The van der Waals surface area contributed by atoms with Gasteiger partial charge in [0.05, 0.1) is 6.54 Å². The number of likely N-dealkylation sites (N-methyl/N-ethyl adjacent to an activating group) is 1. The molecule has 5 N–H and O–H groups in total. The van der Waals surface area contributed by atoms with Gasteiger partial charge in [-0.2, -0.15) is 0 Å². The average Bonchev–Trinajstić information content (AvgIpc) is 2.61. The van der Waals surface area contributed by atoms with Crippen molar-refractivity contribution in [3.63, 3.8) is 0 Å². The zero-order valence-corrected chi connectivity index (χ0v) is 15.0. The second-order valence-electron chi connectivity index (χ2n) is 5.06. The molecule has 0 spiro atoms. The molecule has 136 valence electrons. The summed E-state index contributed by atoms with van der Waals surface area (Å²) in [6.07, 6.45) is 1.59. The Bertz CT molecular complexity index is 659. The maximum absolute atomic E-state index is 12.0. The third-order valence-corrected chi connectivity index (χ3v) is 3.35. The van der Waals surface area contributed by atoms with Crippen LogP contribution in [0.2, 0.25) is 0 Å². The Labute approximate surface area is 149 Å². The molecule has 0 aliphatic carbocycles. The number of hydrogen-bond donors (Lipinski definition) is 3. The predicted molar refractivity (Wildman–Crippen MR) is 102 cm³/mol. The van der Waals surface area contributed by atoms with Gasteiger partial charge in [0.1, 0.15) is 17.3 Å². The van der Waals surface area contributed by atoms with Crippen molar-refractivity contribution in [2.24, 2.45) is 5.73 Å². The quantitative estimate of drug-likeness (QED) is 0.665. The van der Waals surface area contributed by atoms with Crippen LogP contribution in [0.15, 0.2) is 42.6 Å². The Morgan fingerprint density at radius 1 is 1.16 bits per heavy atom. The van der Waals surface area contributed by atoms with E-state index >= 15 is 0 Å². The van der Waals surface area contributed by atoms with Crippen LogP contribution in [0.3, 0.4) is 0 Å². The first kappa shape index (κ1) is 20.4. The fourth-order valence-electron chi connectivity index (χ4n) is 2.09. The number of benzene rings is 1. The van der Waals surface area contributed by atoms with Gasteiger partial charge in [-0.1, -0.05) is 19.9 Å². The number of amides is 1. The van der Waals surface area contributed by atoms with E-state index in [9.17, 15) is 4.79 Å². The molecular formula is C18H27N5O2. The molecule has 2 rings (SSSR count). The summed E-state index contributed by atoms with van der Waals surface area (Å²) in [5, 5.41) is 2.78. The van der Waals surface area contributed by atoms with E-state index in [2.05, 4.69) is 16.0 Å². The lowest BCUT2D eigenvalue weighted by Gasteiger charge is -2.17. The molecule has 0 saturated heterocycles. The minimum atomic E-state index is -0.0951. The Balaban J connectivity index is 0.00000151. The molecule has 0 unspecified atom stereocenters. The molecule has 1 aromatic carbocycles. The van der Waals surface area contributed by atoms with E-state index in [-0.39, 0.29) is 5.91 Å². The summed E-state index contributed by atoms with van der Waals surface area (Å²) in [5.74, 6) is 1.59. The lowest BCUT2D eigenvalue weighted by molar-refractivity contribution is -0.117. The minimum Gasteiger partial charge on any atom is -0.457 e. The van der Waals surface area contributed by atoms with Crippen LogP contribution in [0.25, 0.3) is 0 Å². The van der Waals surface area contributed by atoms with Crippen LogP contribution in [0.5, 0.6) is 11.5 Å². The molecule has 25 heavy (non-hydrogen) atoms. The number of nitrogen functional groups attached to an aromatic ring is 1. The SMILES string of the molecule is CCN(CC)CC(=O)Nc1cc(Oc2cccc(N)c2)ccn1.CN. The molecule has 0 saturated carbocycles. The number of carbonyl (C=O) groups excluding carboxylic acids is 1. The molecule has 2 aromatic rings. The van der Waals surface area contributed by atoms with Crippen molar-refractivity contribution < 1.29 is 9.53 Å². The fraction of sp³-hybridized carbons (Fsp3) is 0.333. The summed E-state index contributed by atoms with van der Waals surface area (Å²) in [6, 6.07) is 10.6. The highest BCUT2D eigenvalue weighted by molar-refractivity contribution is 5.91. The van der Waals surface area contributed by atoms with E-state index < -0.39 is 0 Å². The summed E-state index contributed by atoms with van der Waals surface area (Å²) in [7, 11) is 1.50. The van der Waals surface area contributed by atoms with Crippen molar-refractivity contribution in [1.29, 1.82) is 0 Å². The summed E-state index contributed by atoms with van der Waals surface area (Å²) in [4.78, 5) is 18.2. The first-order valence-corrected chi connectivity index (χ1v) is 8.20. The highest BCUT2D eigenvalue weighted by atomic mass is 16.5. The van der Waals surface area contributed by atoms with E-state index in [1.54, 1.807) is 30.5 Å². The van der Waals surface area contributed by atoms with Crippen LogP contribution in [-0.4, -0.2) is 42.5 Å². The Morgan fingerprint density at radius 2 is 1.84 bits per heavy atom. The van der Waals surface area contributed by atoms with Crippen LogP contribution in [-0.2, 0) is 4.79 Å². The maximum Gasteiger partial charge on any atom is 0.239 e. The second kappa shape index (κ2) is 11.0. The van der Waals surface area contributed by atoms with Crippen molar-refractivity contribution in [3.05, 3.63) is 42.6 Å². The number of aromatic nitrogens is 1. The molecule has 1 heterocycles. The minimum absolute atomic E-state index is 0.0951. The highest BCUT2D eigenvalue weighted by Gasteiger charge is 2.09. The molecular weight excluding hydrogens is 318 g/mol. The third kappa shape index (κ3) is 7.19. The molecule has 1 aromatic heterocycles. The first-order valence-electron chi connectivity index (χ1n) is 8.20. The van der Waals surface area contributed by atoms with E-state index in [0.717, 1.165) is 13.1 Å². The number of ether oxygens (including phenoxy) is 1. The van der Waals surface area contributed by atoms with Crippen molar-refractivity contribution >= 4 is 17.4 Å². The second-order valence-corrected chi connectivity index (χ2v) is 5.06. The van der Waals surface area contributed by atoms with E-state index in [1.165, 1.54) is 7.05 Å². The van der Waals surface area contributed by atoms with Gasteiger partial charge >= 0.3 is 0 Å². The maximum atomic E-state index is 12.0. The van der Waals surface area contributed by atoms with Crippen molar-refractivity contribution in [1.82, 2.24) is 9.88 Å². The van der Waals surface area contributed by atoms with Gasteiger partial charge in [-0.3, -0.25) is 9.69 Å². The third-order valence-electron chi connectivity index (χ3n) is 3.35. The Hall–Kier alpha value is -2.64. The highest BCUT2D eigenvalue weighted by Crippen LogP contribution is 2.24. The van der Waals surface area contributed by atoms with Gasteiger partial charge in [0.25, 0.3) is 0 Å². The summed E-state index contributed by atoms with van der Waals surface area (Å²) in [5.41, 5.74) is 10.9. The molecule has 0 aliphatic rings. The number of nitrogens with one attached hydrogen (secondary N) is 1. The van der Waals surface area contributed by atoms with Gasteiger partial charge in [0, 0.05) is 24.0 Å². The van der Waals surface area contributed by atoms with Crippen LogP contribution in [0, 0.1) is 0 Å². The number of nitrogens with zero attached hydrogens (tertiary/aromatic N) is 2. The van der Waals surface area contributed by atoms with Crippen LogP contribution in [0.4, 0.5) is 11.5 Å². The largest absolute Gasteiger partial charge is 0.457 e. The number of pyridine rings is 1. The molecule has 0 aliphatic heterocycles. The Kier molecular flexibility index (Phi) is 8.99. The number of nitrogens with two attached hydrogens (primary N) is 2. The van der Waals surface area contributed by atoms with E-state index in [1.807, 2.05) is 30.9 Å². The van der Waals surface area contributed by atoms with Crippen molar-refractivity contribution in [2.75, 3.05) is 37.7 Å². The van der Waals surface area contributed by atoms with Gasteiger partial charge in [0.15, 0.2) is 0 Å². The number of rotatable bonds is 7. The zero-order valence-electron chi connectivity index (χ0n) is 15.0. The lowest BCUT2D eigenvalue weighted by atomic mass is 10.3. The van der Waals surface area contributed by atoms with Gasteiger partial charge in [0.2, 0.25) is 5.91 Å². The average molecular weight is 345 g/mol.